The summed E-state index contributed by atoms with van der Waals surface area (Å²) < 4.78 is 45.4. The molecule has 0 spiro atoms. The molecule has 8 heteroatoms. The average molecular weight is 373 g/mol. The highest BCUT2D eigenvalue weighted by Gasteiger charge is 2.21. The summed E-state index contributed by atoms with van der Waals surface area (Å²) in [6.45, 7) is 0.721. The van der Waals surface area contributed by atoms with Crippen molar-refractivity contribution in [1.29, 1.82) is 0 Å². The molecule has 0 bridgehead atoms. The topological polar surface area (TPSA) is 58.4 Å². The lowest BCUT2D eigenvalue weighted by molar-refractivity contribution is -0.115. The van der Waals surface area contributed by atoms with Crippen LogP contribution in [0.3, 0.4) is 0 Å². The minimum Gasteiger partial charge on any atom is -0.444 e. The van der Waals surface area contributed by atoms with Crippen LogP contribution in [0.4, 0.5) is 24.5 Å². The van der Waals surface area contributed by atoms with E-state index in [0.29, 0.717) is 35.7 Å². The van der Waals surface area contributed by atoms with Crippen molar-refractivity contribution in [1.82, 2.24) is 4.98 Å². The average Bonchev–Trinajstić information content (AvgIpc) is 3.04. The van der Waals surface area contributed by atoms with Crippen LogP contribution in [0.5, 0.6) is 0 Å². The number of halogens is 3. The van der Waals surface area contributed by atoms with Gasteiger partial charge in [-0.2, -0.15) is 0 Å². The maximum atomic E-state index is 13.5. The first-order valence-electron chi connectivity index (χ1n) is 8.24. The van der Waals surface area contributed by atoms with Crippen LogP contribution in [0.2, 0.25) is 0 Å². The summed E-state index contributed by atoms with van der Waals surface area (Å²) in [7, 11) is 0. The van der Waals surface area contributed by atoms with E-state index in [2.05, 4.69) is 10.3 Å². The third-order valence-electron chi connectivity index (χ3n) is 4.25. The normalized spacial score (nSPS) is 13.9. The third kappa shape index (κ3) is 3.51. The van der Waals surface area contributed by atoms with Crippen LogP contribution in [0, 0.1) is 17.5 Å². The van der Waals surface area contributed by atoms with Crippen LogP contribution in [0.15, 0.2) is 47.1 Å². The van der Waals surface area contributed by atoms with E-state index in [4.69, 9.17) is 4.42 Å². The van der Waals surface area contributed by atoms with E-state index in [-0.39, 0.29) is 18.2 Å². The van der Waals surface area contributed by atoms with Crippen LogP contribution in [0.1, 0.15) is 12.1 Å². The van der Waals surface area contributed by atoms with Gasteiger partial charge in [0.2, 0.25) is 11.8 Å². The number of hydrogen-bond acceptors (Lipinski definition) is 4. The zero-order valence-electron chi connectivity index (χ0n) is 14.0. The zero-order valence-corrected chi connectivity index (χ0v) is 14.0. The van der Waals surface area contributed by atoms with E-state index < -0.39 is 17.5 Å². The van der Waals surface area contributed by atoms with Crippen molar-refractivity contribution < 1.29 is 22.4 Å². The number of nitrogens with one attached hydrogen (secondary N) is 1. The number of hydrogen-bond donors (Lipinski definition) is 1. The molecule has 0 saturated heterocycles. The standard InChI is InChI=1S/C19H14F3N3O2/c20-12-2-4-17-16(8-12)24-18(26)5-6-25(17)9-13-10-27-19(23-13)11-1-3-14(21)15(22)7-11/h1-4,7-8,10H,5-6,9H2,(H,24,26). The molecule has 27 heavy (non-hydrogen) atoms. The van der Waals surface area contributed by atoms with Crippen LogP contribution in [0.25, 0.3) is 11.5 Å². The Labute approximate surface area is 152 Å². The predicted octanol–water partition coefficient (Wildman–Crippen LogP) is 4.11. The Bertz CT molecular complexity index is 1020. The second-order valence-electron chi connectivity index (χ2n) is 6.15. The van der Waals surface area contributed by atoms with Crippen molar-refractivity contribution in [3.63, 3.8) is 0 Å². The Kier molecular flexibility index (Phi) is 4.31. The third-order valence-corrected chi connectivity index (χ3v) is 4.25. The fourth-order valence-corrected chi connectivity index (χ4v) is 2.95. The molecule has 1 N–H and O–H groups in total. The van der Waals surface area contributed by atoms with Crippen LogP contribution >= 0.6 is 0 Å². The molecule has 138 valence electrons. The number of aromatic nitrogens is 1. The number of carbonyl (C=O) groups is 1. The van der Waals surface area contributed by atoms with Gasteiger partial charge in [-0.1, -0.05) is 0 Å². The van der Waals surface area contributed by atoms with Gasteiger partial charge in [-0.15, -0.1) is 0 Å². The van der Waals surface area contributed by atoms with Gasteiger partial charge in [-0.05, 0) is 36.4 Å². The number of anilines is 2. The number of amides is 1. The molecule has 1 aliphatic rings. The molecule has 1 aliphatic heterocycles. The van der Waals surface area contributed by atoms with Crippen LogP contribution in [-0.2, 0) is 11.3 Å². The lowest BCUT2D eigenvalue weighted by atomic mass is 10.2. The van der Waals surface area contributed by atoms with E-state index in [9.17, 15) is 18.0 Å². The van der Waals surface area contributed by atoms with Gasteiger partial charge < -0.3 is 14.6 Å². The molecule has 0 unspecified atom stereocenters. The molecule has 2 aromatic carbocycles. The lowest BCUT2D eigenvalue weighted by Crippen LogP contribution is -2.24. The van der Waals surface area contributed by atoms with Crippen molar-refractivity contribution in [3.05, 3.63) is 65.8 Å². The number of nitrogens with zero attached hydrogens (tertiary/aromatic N) is 2. The van der Waals surface area contributed by atoms with Gasteiger partial charge in [0.05, 0.1) is 23.6 Å². The minimum absolute atomic E-state index is 0.159. The van der Waals surface area contributed by atoms with Gasteiger partial charge in [-0.3, -0.25) is 4.79 Å². The summed E-state index contributed by atoms with van der Waals surface area (Å²) in [4.78, 5) is 18.0. The summed E-state index contributed by atoms with van der Waals surface area (Å²) >= 11 is 0. The highest BCUT2D eigenvalue weighted by molar-refractivity contribution is 5.96. The Morgan fingerprint density at radius 1 is 1.11 bits per heavy atom. The van der Waals surface area contributed by atoms with Crippen molar-refractivity contribution in [2.75, 3.05) is 16.8 Å². The first-order chi connectivity index (χ1) is 13.0. The fourth-order valence-electron chi connectivity index (χ4n) is 2.95. The lowest BCUT2D eigenvalue weighted by Gasteiger charge is -2.22. The Morgan fingerprint density at radius 2 is 1.96 bits per heavy atom. The second kappa shape index (κ2) is 6.79. The highest BCUT2D eigenvalue weighted by atomic mass is 19.2. The van der Waals surface area contributed by atoms with Crippen molar-refractivity contribution in [2.45, 2.75) is 13.0 Å². The molecule has 0 saturated carbocycles. The van der Waals surface area contributed by atoms with Gasteiger partial charge in [-0.25, -0.2) is 18.2 Å². The maximum absolute atomic E-state index is 13.5. The van der Waals surface area contributed by atoms with Crippen LogP contribution < -0.4 is 10.2 Å². The summed E-state index contributed by atoms with van der Waals surface area (Å²) in [5.74, 6) is -2.42. The summed E-state index contributed by atoms with van der Waals surface area (Å²) in [5.41, 5.74) is 1.91. The Balaban J connectivity index is 1.60. The molecule has 0 fully saturated rings. The molecule has 0 radical (unpaired) electrons. The van der Waals surface area contributed by atoms with Crippen molar-refractivity contribution >= 4 is 17.3 Å². The molecule has 5 nitrogen and oxygen atoms in total. The smallest absolute Gasteiger partial charge is 0.226 e. The molecule has 4 rings (SSSR count). The van der Waals surface area contributed by atoms with E-state index in [1.807, 2.05) is 4.90 Å². The molecular weight excluding hydrogens is 359 g/mol. The van der Waals surface area contributed by atoms with Gasteiger partial charge >= 0.3 is 0 Å². The highest BCUT2D eigenvalue weighted by Crippen LogP contribution is 2.31. The van der Waals surface area contributed by atoms with Gasteiger partial charge in [0.25, 0.3) is 0 Å². The predicted molar refractivity (Wildman–Crippen MR) is 92.6 cm³/mol. The summed E-state index contributed by atoms with van der Waals surface area (Å²) in [6.07, 6.45) is 1.66. The first-order valence-corrected chi connectivity index (χ1v) is 8.24. The van der Waals surface area contributed by atoms with E-state index >= 15 is 0 Å². The van der Waals surface area contributed by atoms with Gasteiger partial charge in [0, 0.05) is 18.5 Å². The fraction of sp³-hybridized carbons (Fsp3) is 0.158. The first kappa shape index (κ1) is 17.1. The monoisotopic (exact) mass is 373 g/mol. The van der Waals surface area contributed by atoms with Gasteiger partial charge in [0.15, 0.2) is 11.6 Å². The number of carbonyl (C=O) groups excluding carboxylic acids is 1. The molecule has 2 heterocycles. The van der Waals surface area contributed by atoms with Crippen LogP contribution in [-0.4, -0.2) is 17.4 Å². The maximum Gasteiger partial charge on any atom is 0.226 e. The zero-order chi connectivity index (χ0) is 19.0. The molecule has 0 atom stereocenters. The quantitative estimate of drug-likeness (QED) is 0.751. The molecular formula is C19H14F3N3O2. The number of oxazole rings is 1. The van der Waals surface area contributed by atoms with E-state index in [1.54, 1.807) is 6.07 Å². The largest absolute Gasteiger partial charge is 0.444 e. The van der Waals surface area contributed by atoms with Crippen molar-refractivity contribution in [2.24, 2.45) is 0 Å². The summed E-state index contributed by atoms with van der Waals surface area (Å²) in [5, 5.41) is 2.68. The number of benzene rings is 2. The minimum atomic E-state index is -0.986. The molecule has 1 amide bonds. The van der Waals surface area contributed by atoms with Gasteiger partial charge in [0.1, 0.15) is 12.1 Å². The SMILES string of the molecule is O=C1CCN(Cc2coc(-c3ccc(F)c(F)c3)n2)c2ccc(F)cc2N1. The molecule has 3 aromatic rings. The molecule has 0 aliphatic carbocycles. The second-order valence-corrected chi connectivity index (χ2v) is 6.15. The van der Waals surface area contributed by atoms with Crippen molar-refractivity contribution in [3.8, 4) is 11.5 Å². The van der Waals surface area contributed by atoms with E-state index in [0.717, 1.165) is 12.1 Å². The molecule has 1 aromatic heterocycles. The number of fused-ring (bicyclic) bond motifs is 1. The Morgan fingerprint density at radius 3 is 2.78 bits per heavy atom. The Hall–Kier alpha value is -3.29. The summed E-state index contributed by atoms with van der Waals surface area (Å²) in [6, 6.07) is 7.57. The number of rotatable bonds is 3. The van der Waals surface area contributed by atoms with E-state index in [1.165, 1.54) is 24.5 Å².